The highest BCUT2D eigenvalue weighted by atomic mass is 35.5. The van der Waals surface area contributed by atoms with Crippen molar-refractivity contribution in [3.05, 3.63) is 40.7 Å². The molecular formula is C17H22ClN3O3S. The molecule has 0 bridgehead atoms. The van der Waals surface area contributed by atoms with Gasteiger partial charge in [0.25, 0.3) is 0 Å². The number of aromatic nitrogens is 2. The van der Waals surface area contributed by atoms with Crippen LogP contribution in [0.15, 0.2) is 29.2 Å². The van der Waals surface area contributed by atoms with Gasteiger partial charge in [0, 0.05) is 18.1 Å². The highest BCUT2D eigenvalue weighted by Gasteiger charge is 2.32. The predicted molar refractivity (Wildman–Crippen MR) is 96.5 cm³/mol. The Morgan fingerprint density at radius 3 is 2.44 bits per heavy atom. The molecule has 1 fully saturated rings. The second-order valence-electron chi connectivity index (χ2n) is 6.38. The summed E-state index contributed by atoms with van der Waals surface area (Å²) in [7, 11) is -3.49. The Morgan fingerprint density at radius 2 is 1.88 bits per heavy atom. The van der Waals surface area contributed by atoms with Crippen LogP contribution in [0.5, 0.6) is 5.75 Å². The van der Waals surface area contributed by atoms with Gasteiger partial charge < -0.3 is 4.74 Å². The van der Waals surface area contributed by atoms with Gasteiger partial charge in [0.05, 0.1) is 18.0 Å². The number of ether oxygens (including phenoxy) is 1. The summed E-state index contributed by atoms with van der Waals surface area (Å²) >= 11 is 5.86. The highest BCUT2D eigenvalue weighted by molar-refractivity contribution is 7.89. The van der Waals surface area contributed by atoms with Crippen molar-refractivity contribution in [3.63, 3.8) is 0 Å². The van der Waals surface area contributed by atoms with Crippen LogP contribution >= 0.6 is 11.6 Å². The normalized spacial score (nSPS) is 16.9. The molecule has 25 heavy (non-hydrogen) atoms. The average Bonchev–Trinajstić information content (AvgIpc) is 2.94. The lowest BCUT2D eigenvalue weighted by Gasteiger charge is -2.31. The maximum Gasteiger partial charge on any atom is 0.246 e. The summed E-state index contributed by atoms with van der Waals surface area (Å²) in [6.45, 7) is 5.03. The van der Waals surface area contributed by atoms with Crippen molar-refractivity contribution in [1.82, 2.24) is 14.5 Å². The molecule has 6 nitrogen and oxygen atoms in total. The zero-order valence-electron chi connectivity index (χ0n) is 14.3. The molecule has 0 atom stereocenters. The van der Waals surface area contributed by atoms with Crippen LogP contribution in [0.2, 0.25) is 5.02 Å². The first-order chi connectivity index (χ1) is 11.9. The van der Waals surface area contributed by atoms with Gasteiger partial charge in [0.1, 0.15) is 10.6 Å². The summed E-state index contributed by atoms with van der Waals surface area (Å²) in [6, 6.07) is 7.27. The summed E-state index contributed by atoms with van der Waals surface area (Å²) in [5, 5.41) is 7.43. The first-order valence-electron chi connectivity index (χ1n) is 8.28. The van der Waals surface area contributed by atoms with Crippen molar-refractivity contribution in [1.29, 1.82) is 0 Å². The van der Waals surface area contributed by atoms with Crippen molar-refractivity contribution >= 4 is 21.6 Å². The number of hydrogen-bond donors (Lipinski definition) is 1. The molecule has 1 aliphatic rings. The molecule has 1 aliphatic heterocycles. The van der Waals surface area contributed by atoms with Crippen molar-refractivity contribution in [3.8, 4) is 5.75 Å². The predicted octanol–water partition coefficient (Wildman–Crippen LogP) is 3.16. The molecule has 0 amide bonds. The molecule has 3 rings (SSSR count). The SMILES string of the molecule is Cc1n[nH]c(C)c1S(=O)(=O)N1CCC(COc2ccc(Cl)cc2)CC1. The van der Waals surface area contributed by atoms with Gasteiger partial charge in [-0.1, -0.05) is 11.6 Å². The Kier molecular flexibility index (Phi) is 5.36. The van der Waals surface area contributed by atoms with Crippen LogP contribution in [-0.2, 0) is 10.0 Å². The smallest absolute Gasteiger partial charge is 0.246 e. The molecule has 0 radical (unpaired) electrons. The molecule has 0 saturated carbocycles. The van der Waals surface area contributed by atoms with E-state index in [0.29, 0.717) is 46.9 Å². The molecule has 1 aromatic heterocycles. The third kappa shape index (κ3) is 3.99. The second kappa shape index (κ2) is 7.35. The molecule has 0 unspecified atom stereocenters. The monoisotopic (exact) mass is 383 g/mol. The van der Waals surface area contributed by atoms with E-state index in [-0.39, 0.29) is 0 Å². The Hall–Kier alpha value is -1.57. The molecule has 0 aliphatic carbocycles. The fourth-order valence-electron chi connectivity index (χ4n) is 3.11. The zero-order valence-corrected chi connectivity index (χ0v) is 15.9. The first kappa shape index (κ1) is 18.2. The highest BCUT2D eigenvalue weighted by Crippen LogP contribution is 2.27. The van der Waals surface area contributed by atoms with Gasteiger partial charge in [0.15, 0.2) is 0 Å². The van der Waals surface area contributed by atoms with E-state index >= 15 is 0 Å². The number of aromatic amines is 1. The van der Waals surface area contributed by atoms with E-state index in [4.69, 9.17) is 16.3 Å². The summed E-state index contributed by atoms with van der Waals surface area (Å²) in [5.74, 6) is 1.12. The van der Waals surface area contributed by atoms with Crippen LogP contribution in [-0.4, -0.2) is 42.6 Å². The molecule has 8 heteroatoms. The number of nitrogens with zero attached hydrogens (tertiary/aromatic N) is 2. The van der Waals surface area contributed by atoms with Crippen LogP contribution in [0.1, 0.15) is 24.2 Å². The Morgan fingerprint density at radius 1 is 1.24 bits per heavy atom. The van der Waals surface area contributed by atoms with Gasteiger partial charge in [-0.05, 0) is 56.9 Å². The van der Waals surface area contributed by atoms with Crippen LogP contribution in [0.4, 0.5) is 0 Å². The quantitative estimate of drug-likeness (QED) is 0.860. The Labute approximate surface area is 153 Å². The third-order valence-corrected chi connectivity index (χ3v) is 6.95. The van der Waals surface area contributed by atoms with Crippen LogP contribution in [0.3, 0.4) is 0 Å². The number of H-pyrrole nitrogens is 1. The number of halogens is 1. The second-order valence-corrected chi connectivity index (χ2v) is 8.69. The van der Waals surface area contributed by atoms with Crippen LogP contribution < -0.4 is 4.74 Å². The largest absolute Gasteiger partial charge is 0.493 e. The van der Waals surface area contributed by atoms with E-state index in [1.807, 2.05) is 12.1 Å². The van der Waals surface area contributed by atoms with Crippen LogP contribution in [0.25, 0.3) is 0 Å². The lowest BCUT2D eigenvalue weighted by Crippen LogP contribution is -2.40. The molecule has 2 heterocycles. The summed E-state index contributed by atoms with van der Waals surface area (Å²) in [5.41, 5.74) is 1.11. The van der Waals surface area contributed by atoms with Crippen molar-refractivity contribution in [2.45, 2.75) is 31.6 Å². The maximum atomic E-state index is 12.8. The molecule has 1 saturated heterocycles. The molecule has 136 valence electrons. The van der Waals surface area contributed by atoms with E-state index in [1.165, 1.54) is 0 Å². The van der Waals surface area contributed by atoms with E-state index in [9.17, 15) is 8.42 Å². The van der Waals surface area contributed by atoms with Gasteiger partial charge >= 0.3 is 0 Å². The summed E-state index contributed by atoms with van der Waals surface area (Å²) in [4.78, 5) is 0.309. The number of benzene rings is 1. The first-order valence-corrected chi connectivity index (χ1v) is 10.1. The van der Waals surface area contributed by atoms with E-state index in [1.54, 1.807) is 30.3 Å². The Balaban J connectivity index is 1.57. The van der Waals surface area contributed by atoms with Gasteiger partial charge in [-0.2, -0.15) is 9.40 Å². The van der Waals surface area contributed by atoms with Crippen molar-refractivity contribution in [2.75, 3.05) is 19.7 Å². The number of aryl methyl sites for hydroxylation is 2. The minimum Gasteiger partial charge on any atom is -0.493 e. The fourth-order valence-corrected chi connectivity index (χ4v) is 5.04. The van der Waals surface area contributed by atoms with E-state index in [0.717, 1.165) is 18.6 Å². The van der Waals surface area contributed by atoms with Gasteiger partial charge in [-0.3, -0.25) is 5.10 Å². The minimum absolute atomic E-state index is 0.309. The minimum atomic E-state index is -3.49. The third-order valence-electron chi connectivity index (χ3n) is 4.53. The lowest BCUT2D eigenvalue weighted by atomic mass is 9.99. The fraction of sp³-hybridized carbons (Fsp3) is 0.471. The number of nitrogens with one attached hydrogen (secondary N) is 1. The van der Waals surface area contributed by atoms with Gasteiger partial charge in [-0.15, -0.1) is 0 Å². The Bertz CT molecular complexity index is 806. The summed E-state index contributed by atoms with van der Waals surface area (Å²) < 4.78 is 33.0. The molecule has 0 spiro atoms. The molecule has 1 aromatic carbocycles. The molecule has 1 N–H and O–H groups in total. The molecular weight excluding hydrogens is 362 g/mol. The number of sulfonamides is 1. The van der Waals surface area contributed by atoms with E-state index < -0.39 is 10.0 Å². The van der Waals surface area contributed by atoms with Gasteiger partial charge in [0.2, 0.25) is 10.0 Å². The van der Waals surface area contributed by atoms with Gasteiger partial charge in [-0.25, -0.2) is 8.42 Å². The number of piperidine rings is 1. The lowest BCUT2D eigenvalue weighted by molar-refractivity contribution is 0.185. The number of hydrogen-bond acceptors (Lipinski definition) is 4. The topological polar surface area (TPSA) is 75.3 Å². The van der Waals surface area contributed by atoms with Crippen LogP contribution in [0, 0.1) is 19.8 Å². The van der Waals surface area contributed by atoms with E-state index in [2.05, 4.69) is 10.2 Å². The van der Waals surface area contributed by atoms with Crippen molar-refractivity contribution < 1.29 is 13.2 Å². The standard InChI is InChI=1S/C17H22ClN3O3S/c1-12-17(13(2)20-19-12)25(22,23)21-9-7-14(8-10-21)11-24-16-5-3-15(18)4-6-16/h3-6,14H,7-11H2,1-2H3,(H,19,20). The number of rotatable bonds is 5. The van der Waals surface area contributed by atoms with Crippen molar-refractivity contribution in [2.24, 2.45) is 5.92 Å². The zero-order chi connectivity index (χ0) is 18.0. The maximum absolute atomic E-state index is 12.8. The average molecular weight is 384 g/mol. The molecule has 2 aromatic rings. The summed E-state index contributed by atoms with van der Waals surface area (Å²) in [6.07, 6.45) is 1.56.